The molecule has 4 rings (SSSR count). The molecule has 0 spiro atoms. The van der Waals surface area contributed by atoms with E-state index in [-0.39, 0.29) is 0 Å². The Morgan fingerprint density at radius 3 is 2.41 bits per heavy atom. The molecule has 0 aliphatic rings. The summed E-state index contributed by atoms with van der Waals surface area (Å²) in [4.78, 5) is 4.73. The minimum atomic E-state index is 0.662. The van der Waals surface area contributed by atoms with E-state index < -0.39 is 0 Å². The minimum absolute atomic E-state index is 0.662. The molecule has 2 aromatic carbocycles. The average Bonchev–Trinajstić information content (AvgIpc) is 3.11. The summed E-state index contributed by atoms with van der Waals surface area (Å²) in [5.41, 5.74) is 3.20. The summed E-state index contributed by atoms with van der Waals surface area (Å²) in [6.07, 6.45) is 1.92. The van der Waals surface area contributed by atoms with Crippen molar-refractivity contribution >= 4 is 17.2 Å². The van der Waals surface area contributed by atoms with E-state index in [4.69, 9.17) is 14.5 Å². The summed E-state index contributed by atoms with van der Waals surface area (Å²) >= 11 is 0. The number of ether oxygens (including phenoxy) is 2. The fraction of sp³-hybridized carbons (Fsp3) is 0.0952. The lowest BCUT2D eigenvalue weighted by molar-refractivity contribution is 0.415. The maximum Gasteiger partial charge on any atom is 0.187 e. The molecule has 0 fully saturated rings. The topological polar surface area (TPSA) is 60.5 Å². The van der Waals surface area contributed by atoms with Crippen LogP contribution in [0.4, 0.5) is 11.5 Å². The predicted molar refractivity (Wildman–Crippen MR) is 104 cm³/mol. The van der Waals surface area contributed by atoms with E-state index in [2.05, 4.69) is 10.2 Å². The second kappa shape index (κ2) is 7.29. The first-order valence-electron chi connectivity index (χ1n) is 8.46. The Kier molecular flexibility index (Phi) is 4.53. The molecular weight excluding hydrogens is 340 g/mol. The second-order valence-electron chi connectivity index (χ2n) is 5.84. The molecule has 0 unspecified atom stereocenters. The first kappa shape index (κ1) is 16.8. The highest BCUT2D eigenvalue weighted by molar-refractivity contribution is 5.75. The van der Waals surface area contributed by atoms with Crippen LogP contribution >= 0.6 is 0 Å². The quantitative estimate of drug-likeness (QED) is 0.447. The minimum Gasteiger partial charge on any atom is -0.497 e. The maximum absolute atomic E-state index is 5.34. The van der Waals surface area contributed by atoms with Gasteiger partial charge < -0.3 is 9.47 Å². The molecule has 0 radical (unpaired) electrons. The maximum atomic E-state index is 5.34. The van der Waals surface area contributed by atoms with Crippen LogP contribution in [0.15, 0.2) is 83.2 Å². The Morgan fingerprint density at radius 2 is 1.63 bits per heavy atom. The summed E-state index contributed by atoms with van der Waals surface area (Å²) in [5.74, 6) is 2.21. The smallest absolute Gasteiger partial charge is 0.187 e. The van der Waals surface area contributed by atoms with Crippen molar-refractivity contribution in [3.05, 3.63) is 72.9 Å². The van der Waals surface area contributed by atoms with Crippen LogP contribution in [0.3, 0.4) is 0 Å². The SMILES string of the molecule is COc1ccc(N=Nc2c(-c3cccc(OC)c3)nc3ccccn23)cc1. The van der Waals surface area contributed by atoms with Gasteiger partial charge in [0.2, 0.25) is 0 Å². The number of rotatable bonds is 5. The fourth-order valence-electron chi connectivity index (χ4n) is 2.80. The van der Waals surface area contributed by atoms with Gasteiger partial charge in [-0.1, -0.05) is 18.2 Å². The number of benzene rings is 2. The summed E-state index contributed by atoms with van der Waals surface area (Å²) in [6, 6.07) is 21.0. The molecule has 6 heteroatoms. The van der Waals surface area contributed by atoms with Gasteiger partial charge in [0.15, 0.2) is 5.82 Å². The molecule has 2 aromatic heterocycles. The average molecular weight is 358 g/mol. The lowest BCUT2D eigenvalue weighted by atomic mass is 10.1. The van der Waals surface area contributed by atoms with Crippen LogP contribution in [-0.4, -0.2) is 23.6 Å². The van der Waals surface area contributed by atoms with E-state index in [0.717, 1.165) is 34.1 Å². The van der Waals surface area contributed by atoms with Crippen LogP contribution in [0.25, 0.3) is 16.9 Å². The van der Waals surface area contributed by atoms with Gasteiger partial charge in [0.05, 0.1) is 19.9 Å². The summed E-state index contributed by atoms with van der Waals surface area (Å²) in [6.45, 7) is 0. The molecule has 2 heterocycles. The zero-order chi connectivity index (χ0) is 18.6. The normalized spacial score (nSPS) is 11.2. The predicted octanol–water partition coefficient (Wildman–Crippen LogP) is 5.43. The lowest BCUT2D eigenvalue weighted by Gasteiger charge is -2.03. The van der Waals surface area contributed by atoms with Gasteiger partial charge in [-0.3, -0.25) is 4.40 Å². The number of nitrogens with zero attached hydrogens (tertiary/aromatic N) is 4. The Hall–Kier alpha value is -3.67. The van der Waals surface area contributed by atoms with Crippen molar-refractivity contribution in [2.75, 3.05) is 14.2 Å². The van der Waals surface area contributed by atoms with Crippen molar-refractivity contribution in [2.24, 2.45) is 10.2 Å². The van der Waals surface area contributed by atoms with Gasteiger partial charge >= 0.3 is 0 Å². The highest BCUT2D eigenvalue weighted by Crippen LogP contribution is 2.33. The highest BCUT2D eigenvalue weighted by atomic mass is 16.5. The molecule has 0 N–H and O–H groups in total. The van der Waals surface area contributed by atoms with Crippen molar-refractivity contribution < 1.29 is 9.47 Å². The van der Waals surface area contributed by atoms with Gasteiger partial charge in [-0.2, -0.15) is 0 Å². The number of azo groups is 1. The number of pyridine rings is 1. The molecule has 0 saturated carbocycles. The van der Waals surface area contributed by atoms with Crippen molar-refractivity contribution in [1.82, 2.24) is 9.38 Å². The van der Waals surface area contributed by atoms with Crippen LogP contribution in [0.2, 0.25) is 0 Å². The van der Waals surface area contributed by atoms with Crippen LogP contribution < -0.4 is 9.47 Å². The van der Waals surface area contributed by atoms with Crippen LogP contribution in [-0.2, 0) is 0 Å². The molecule has 0 bridgehead atoms. The number of methoxy groups -OCH3 is 2. The molecule has 0 aliphatic carbocycles. The van der Waals surface area contributed by atoms with Crippen LogP contribution in [0.5, 0.6) is 11.5 Å². The third-order valence-corrected chi connectivity index (χ3v) is 4.18. The van der Waals surface area contributed by atoms with E-state index in [1.807, 2.05) is 77.3 Å². The van der Waals surface area contributed by atoms with E-state index in [9.17, 15) is 0 Å². The Balaban J connectivity index is 1.81. The van der Waals surface area contributed by atoms with E-state index in [0.29, 0.717) is 5.82 Å². The van der Waals surface area contributed by atoms with Crippen molar-refractivity contribution in [1.29, 1.82) is 0 Å². The number of fused-ring (bicyclic) bond motifs is 1. The van der Waals surface area contributed by atoms with Gasteiger partial charge in [0.25, 0.3) is 0 Å². The van der Waals surface area contributed by atoms with Crippen molar-refractivity contribution in [3.8, 4) is 22.8 Å². The molecule has 4 aromatic rings. The first-order chi connectivity index (χ1) is 13.3. The standard InChI is InChI=1S/C21H18N4O2/c1-26-17-11-9-16(10-12-17)23-24-21-20(15-6-5-7-18(14-15)27-2)22-19-8-3-4-13-25(19)21/h3-14H,1-2H3. The fourth-order valence-corrected chi connectivity index (χ4v) is 2.80. The Labute approximate surface area is 156 Å². The first-order valence-corrected chi connectivity index (χ1v) is 8.46. The third kappa shape index (κ3) is 3.37. The summed E-state index contributed by atoms with van der Waals surface area (Å²) in [7, 11) is 3.28. The number of hydrogen-bond acceptors (Lipinski definition) is 5. The van der Waals surface area contributed by atoms with Crippen LogP contribution in [0, 0.1) is 0 Å². The van der Waals surface area contributed by atoms with E-state index in [1.54, 1.807) is 14.2 Å². The monoisotopic (exact) mass is 358 g/mol. The van der Waals surface area contributed by atoms with E-state index in [1.165, 1.54) is 0 Å². The number of hydrogen-bond donors (Lipinski definition) is 0. The number of aromatic nitrogens is 2. The van der Waals surface area contributed by atoms with Crippen molar-refractivity contribution in [3.63, 3.8) is 0 Å². The summed E-state index contributed by atoms with van der Waals surface area (Å²) in [5, 5.41) is 8.88. The molecule has 0 aliphatic heterocycles. The van der Waals surface area contributed by atoms with Gasteiger partial charge in [-0.15, -0.1) is 10.2 Å². The number of imidazole rings is 1. The highest BCUT2D eigenvalue weighted by Gasteiger charge is 2.14. The molecule has 134 valence electrons. The zero-order valence-corrected chi connectivity index (χ0v) is 15.0. The van der Waals surface area contributed by atoms with Gasteiger partial charge in [-0.25, -0.2) is 4.98 Å². The molecule has 0 amide bonds. The molecule has 27 heavy (non-hydrogen) atoms. The van der Waals surface area contributed by atoms with Gasteiger partial charge in [-0.05, 0) is 48.5 Å². The Morgan fingerprint density at radius 1 is 0.815 bits per heavy atom. The molecular formula is C21H18N4O2. The molecule has 0 atom stereocenters. The van der Waals surface area contributed by atoms with Gasteiger partial charge in [0, 0.05) is 11.8 Å². The van der Waals surface area contributed by atoms with E-state index >= 15 is 0 Å². The lowest BCUT2D eigenvalue weighted by Crippen LogP contribution is -1.84. The molecule has 0 saturated heterocycles. The summed E-state index contributed by atoms with van der Waals surface area (Å²) < 4.78 is 12.4. The van der Waals surface area contributed by atoms with Crippen molar-refractivity contribution in [2.45, 2.75) is 0 Å². The second-order valence-corrected chi connectivity index (χ2v) is 5.84. The third-order valence-electron chi connectivity index (χ3n) is 4.18. The van der Waals surface area contributed by atoms with Crippen LogP contribution in [0.1, 0.15) is 0 Å². The largest absolute Gasteiger partial charge is 0.497 e. The van der Waals surface area contributed by atoms with Gasteiger partial charge in [0.1, 0.15) is 22.8 Å². The Bertz CT molecular complexity index is 1100. The zero-order valence-electron chi connectivity index (χ0n) is 15.0. The molecule has 6 nitrogen and oxygen atoms in total.